The standard InChI is InChI=1S/C22H22ClN3O6S/c1-31-15-7-5-6-14(10-15)24-21(27)13-32-22(28)16-11-19-18(12-17(16)23)26-9-4-2-3-8-20(26)25-33(19,29)30/h5-7,10-12H,2-4,8-9,13H2,1H3,(H,24,27). The molecule has 0 spiro atoms. The Balaban J connectivity index is 1.51. The average Bonchev–Trinajstić information content (AvgIpc) is 3.02. The lowest BCUT2D eigenvalue weighted by atomic mass is 10.1. The van der Waals surface area contributed by atoms with Crippen molar-refractivity contribution in [3.8, 4) is 5.75 Å². The van der Waals surface area contributed by atoms with E-state index in [9.17, 15) is 18.0 Å². The number of sulfonamides is 1. The Bertz CT molecular complexity index is 1240. The van der Waals surface area contributed by atoms with Crippen LogP contribution in [0.25, 0.3) is 0 Å². The number of hydrogen-bond donors (Lipinski definition) is 1. The molecule has 0 aliphatic carbocycles. The Morgan fingerprint density at radius 2 is 2.00 bits per heavy atom. The molecule has 1 N–H and O–H groups in total. The van der Waals surface area contributed by atoms with Crippen LogP contribution in [0.1, 0.15) is 36.0 Å². The molecule has 0 unspecified atom stereocenters. The number of benzene rings is 2. The van der Waals surface area contributed by atoms with Gasteiger partial charge in [-0.25, -0.2) is 4.79 Å². The second-order valence-electron chi connectivity index (χ2n) is 7.60. The summed E-state index contributed by atoms with van der Waals surface area (Å²) in [6.45, 7) is 0.0382. The normalized spacial score (nSPS) is 16.5. The summed E-state index contributed by atoms with van der Waals surface area (Å²) in [6.07, 6.45) is 3.28. The molecule has 2 heterocycles. The van der Waals surface area contributed by atoms with E-state index >= 15 is 0 Å². The number of amidine groups is 1. The second kappa shape index (κ2) is 9.40. The summed E-state index contributed by atoms with van der Waals surface area (Å²) in [5.41, 5.74) is 0.722. The Kier molecular flexibility index (Phi) is 6.57. The van der Waals surface area contributed by atoms with Gasteiger partial charge in [-0.1, -0.05) is 24.1 Å². The highest BCUT2D eigenvalue weighted by atomic mass is 35.5. The highest BCUT2D eigenvalue weighted by molar-refractivity contribution is 7.90. The van der Waals surface area contributed by atoms with Crippen LogP contribution in [-0.4, -0.2) is 46.4 Å². The van der Waals surface area contributed by atoms with E-state index in [-0.39, 0.29) is 15.5 Å². The Hall–Kier alpha value is -3.11. The summed E-state index contributed by atoms with van der Waals surface area (Å²) < 4.78 is 39.6. The Morgan fingerprint density at radius 1 is 1.18 bits per heavy atom. The number of carbonyl (C=O) groups is 2. The molecule has 0 aromatic heterocycles. The predicted molar refractivity (Wildman–Crippen MR) is 124 cm³/mol. The summed E-state index contributed by atoms with van der Waals surface area (Å²) >= 11 is 6.32. The number of amides is 1. The molecule has 2 aromatic rings. The van der Waals surface area contributed by atoms with Crippen molar-refractivity contribution in [2.75, 3.05) is 30.5 Å². The van der Waals surface area contributed by atoms with E-state index in [1.54, 1.807) is 24.3 Å². The largest absolute Gasteiger partial charge is 0.497 e. The number of hydrogen-bond acceptors (Lipinski definition) is 7. The highest BCUT2D eigenvalue weighted by Gasteiger charge is 2.33. The maximum atomic E-state index is 12.8. The van der Waals surface area contributed by atoms with Crippen molar-refractivity contribution in [1.29, 1.82) is 0 Å². The number of fused-ring (bicyclic) bond motifs is 3. The zero-order chi connectivity index (χ0) is 23.6. The summed E-state index contributed by atoms with van der Waals surface area (Å²) in [7, 11) is -2.49. The van der Waals surface area contributed by atoms with Crippen molar-refractivity contribution in [2.24, 2.45) is 4.40 Å². The zero-order valence-electron chi connectivity index (χ0n) is 17.8. The molecular weight excluding hydrogens is 470 g/mol. The van der Waals surface area contributed by atoms with Crippen LogP contribution in [0.3, 0.4) is 0 Å². The highest BCUT2D eigenvalue weighted by Crippen LogP contribution is 2.38. The van der Waals surface area contributed by atoms with Gasteiger partial charge in [0.05, 0.1) is 23.4 Å². The van der Waals surface area contributed by atoms with Crippen LogP contribution in [-0.2, 0) is 19.6 Å². The number of rotatable bonds is 5. The first-order valence-electron chi connectivity index (χ1n) is 10.3. The van der Waals surface area contributed by atoms with Crippen molar-refractivity contribution in [3.63, 3.8) is 0 Å². The number of methoxy groups -OCH3 is 1. The zero-order valence-corrected chi connectivity index (χ0v) is 19.4. The van der Waals surface area contributed by atoms with Gasteiger partial charge in [0.1, 0.15) is 16.5 Å². The summed E-state index contributed by atoms with van der Waals surface area (Å²) in [6, 6.07) is 9.31. The van der Waals surface area contributed by atoms with Gasteiger partial charge in [0.2, 0.25) is 0 Å². The molecule has 4 rings (SSSR count). The lowest BCUT2D eigenvalue weighted by molar-refractivity contribution is -0.119. The molecular formula is C22H22ClN3O6S. The van der Waals surface area contributed by atoms with Crippen LogP contribution in [0.4, 0.5) is 11.4 Å². The number of ether oxygens (including phenoxy) is 2. The second-order valence-corrected chi connectivity index (χ2v) is 9.58. The van der Waals surface area contributed by atoms with Gasteiger partial charge in [-0.05, 0) is 37.1 Å². The van der Waals surface area contributed by atoms with Gasteiger partial charge in [-0.15, -0.1) is 4.40 Å². The van der Waals surface area contributed by atoms with Crippen LogP contribution < -0.4 is 15.0 Å². The van der Waals surface area contributed by atoms with Gasteiger partial charge >= 0.3 is 5.97 Å². The molecule has 0 saturated carbocycles. The minimum Gasteiger partial charge on any atom is -0.497 e. The third kappa shape index (κ3) is 4.96. The molecule has 0 bridgehead atoms. The number of halogens is 1. The van der Waals surface area contributed by atoms with Crippen molar-refractivity contribution >= 4 is 50.7 Å². The van der Waals surface area contributed by atoms with E-state index < -0.39 is 28.5 Å². The van der Waals surface area contributed by atoms with Gasteiger partial charge in [0, 0.05) is 24.7 Å². The van der Waals surface area contributed by atoms with E-state index in [4.69, 9.17) is 21.1 Å². The van der Waals surface area contributed by atoms with E-state index in [0.29, 0.717) is 35.9 Å². The molecule has 1 fully saturated rings. The van der Waals surface area contributed by atoms with Gasteiger partial charge in [-0.2, -0.15) is 8.42 Å². The van der Waals surface area contributed by atoms with Crippen LogP contribution >= 0.6 is 11.6 Å². The van der Waals surface area contributed by atoms with Gasteiger partial charge < -0.3 is 19.7 Å². The molecule has 33 heavy (non-hydrogen) atoms. The van der Waals surface area contributed by atoms with E-state index in [2.05, 4.69) is 9.71 Å². The first-order valence-corrected chi connectivity index (χ1v) is 12.2. The van der Waals surface area contributed by atoms with Crippen molar-refractivity contribution in [2.45, 2.75) is 30.6 Å². The van der Waals surface area contributed by atoms with E-state index in [1.807, 2.05) is 4.90 Å². The third-order valence-corrected chi connectivity index (χ3v) is 6.99. The van der Waals surface area contributed by atoms with Crippen LogP contribution in [0.5, 0.6) is 5.75 Å². The predicted octanol–water partition coefficient (Wildman–Crippen LogP) is 3.63. The molecule has 1 amide bonds. The van der Waals surface area contributed by atoms with E-state index in [0.717, 1.165) is 19.3 Å². The Morgan fingerprint density at radius 3 is 2.79 bits per heavy atom. The third-order valence-electron chi connectivity index (χ3n) is 5.34. The first-order chi connectivity index (χ1) is 15.8. The Labute approximate surface area is 196 Å². The number of esters is 1. The average molecular weight is 492 g/mol. The fourth-order valence-corrected chi connectivity index (χ4v) is 5.26. The fraction of sp³-hybridized carbons (Fsp3) is 0.318. The number of nitrogens with one attached hydrogen (secondary N) is 1. The number of carbonyl (C=O) groups excluding carboxylic acids is 2. The van der Waals surface area contributed by atoms with Crippen LogP contribution in [0.15, 0.2) is 45.7 Å². The molecule has 0 atom stereocenters. The van der Waals surface area contributed by atoms with Crippen LogP contribution in [0.2, 0.25) is 5.02 Å². The maximum absolute atomic E-state index is 12.8. The lowest BCUT2D eigenvalue weighted by Gasteiger charge is -2.30. The van der Waals surface area contributed by atoms with Gasteiger partial charge in [0.25, 0.3) is 15.9 Å². The molecule has 2 aliphatic heterocycles. The molecule has 174 valence electrons. The van der Waals surface area contributed by atoms with Crippen molar-refractivity contribution in [1.82, 2.24) is 0 Å². The summed E-state index contributed by atoms with van der Waals surface area (Å²) in [5, 5.41) is 2.62. The molecule has 9 nitrogen and oxygen atoms in total. The topological polar surface area (TPSA) is 114 Å². The maximum Gasteiger partial charge on any atom is 0.340 e. The smallest absolute Gasteiger partial charge is 0.340 e. The molecule has 2 aromatic carbocycles. The van der Waals surface area contributed by atoms with Gasteiger partial charge in [0.15, 0.2) is 6.61 Å². The van der Waals surface area contributed by atoms with Crippen molar-refractivity contribution in [3.05, 3.63) is 47.0 Å². The fourth-order valence-electron chi connectivity index (χ4n) is 3.76. The lowest BCUT2D eigenvalue weighted by Crippen LogP contribution is -2.35. The summed E-state index contributed by atoms with van der Waals surface area (Å²) in [5.74, 6) is -0.441. The minimum absolute atomic E-state index is 0.0349. The number of anilines is 2. The van der Waals surface area contributed by atoms with E-state index in [1.165, 1.54) is 19.2 Å². The monoisotopic (exact) mass is 491 g/mol. The summed E-state index contributed by atoms with van der Waals surface area (Å²) in [4.78, 5) is 26.5. The van der Waals surface area contributed by atoms with Gasteiger partial charge in [-0.3, -0.25) is 4.79 Å². The molecule has 1 saturated heterocycles. The molecule has 0 radical (unpaired) electrons. The first kappa shape index (κ1) is 23.1. The number of nitrogens with zero attached hydrogens (tertiary/aromatic N) is 2. The van der Waals surface area contributed by atoms with Crippen LogP contribution in [0, 0.1) is 0 Å². The quantitative estimate of drug-likeness (QED) is 0.635. The van der Waals surface area contributed by atoms with Crippen molar-refractivity contribution < 1.29 is 27.5 Å². The molecule has 11 heteroatoms. The minimum atomic E-state index is -3.99. The SMILES string of the molecule is COc1cccc(NC(=O)COC(=O)c2cc3c(cc2Cl)N2CCCCCC2=NS3(=O)=O)c1. The molecule has 2 aliphatic rings.